The first-order valence-corrected chi connectivity index (χ1v) is 8.19. The molecule has 0 aliphatic carbocycles. The molecule has 1 N–H and O–H groups in total. The third-order valence-electron chi connectivity index (χ3n) is 3.81. The molecular weight excluding hydrogens is 302 g/mol. The molecule has 0 aliphatic rings. The van der Waals surface area contributed by atoms with Crippen LogP contribution in [-0.2, 0) is 9.53 Å². The second-order valence-electron chi connectivity index (χ2n) is 5.71. The van der Waals surface area contributed by atoms with Gasteiger partial charge in [-0.1, -0.05) is 61.9 Å². The number of aryl methyl sites for hydroxylation is 1. The Hall–Kier alpha value is -2.62. The van der Waals surface area contributed by atoms with Gasteiger partial charge in [0, 0.05) is 0 Å². The number of hydrogen-bond acceptors (Lipinski definition) is 3. The predicted molar refractivity (Wildman–Crippen MR) is 93.7 cm³/mol. The summed E-state index contributed by atoms with van der Waals surface area (Å²) in [6.45, 7) is 3.63. The highest BCUT2D eigenvalue weighted by Crippen LogP contribution is 2.18. The van der Waals surface area contributed by atoms with Gasteiger partial charge in [-0.2, -0.15) is 0 Å². The predicted octanol–water partition coefficient (Wildman–Crippen LogP) is 3.81. The maximum Gasteiger partial charge on any atom is 0.338 e. The van der Waals surface area contributed by atoms with Gasteiger partial charge in [-0.15, -0.1) is 0 Å². The van der Waals surface area contributed by atoms with Gasteiger partial charge < -0.3 is 10.1 Å². The summed E-state index contributed by atoms with van der Waals surface area (Å²) in [4.78, 5) is 24.2. The highest BCUT2D eigenvalue weighted by Gasteiger charge is 2.16. The first kappa shape index (κ1) is 17.7. The Bertz CT molecular complexity index is 682. The van der Waals surface area contributed by atoms with E-state index in [9.17, 15) is 9.59 Å². The minimum atomic E-state index is -0.477. The third kappa shape index (κ3) is 4.95. The molecule has 0 aliphatic heterocycles. The van der Waals surface area contributed by atoms with Crippen LogP contribution in [0, 0.1) is 6.92 Å². The lowest BCUT2D eigenvalue weighted by Gasteiger charge is -2.18. The number of benzene rings is 2. The lowest BCUT2D eigenvalue weighted by atomic mass is 10.0. The first-order valence-electron chi connectivity index (χ1n) is 8.19. The summed E-state index contributed by atoms with van der Waals surface area (Å²) >= 11 is 0. The van der Waals surface area contributed by atoms with E-state index < -0.39 is 5.97 Å². The van der Waals surface area contributed by atoms with Crippen LogP contribution in [0.1, 0.15) is 47.3 Å². The fourth-order valence-electron chi connectivity index (χ4n) is 2.54. The van der Waals surface area contributed by atoms with Gasteiger partial charge in [0.2, 0.25) is 0 Å². The molecule has 4 nitrogen and oxygen atoms in total. The first-order chi connectivity index (χ1) is 11.6. The molecule has 0 saturated heterocycles. The van der Waals surface area contributed by atoms with E-state index in [1.807, 2.05) is 49.4 Å². The van der Waals surface area contributed by atoms with Gasteiger partial charge in [-0.3, -0.25) is 4.79 Å². The van der Waals surface area contributed by atoms with Gasteiger partial charge in [0.05, 0.1) is 11.6 Å². The second-order valence-corrected chi connectivity index (χ2v) is 5.71. The molecule has 2 aromatic carbocycles. The summed E-state index contributed by atoms with van der Waals surface area (Å²) < 4.78 is 5.13. The Kier molecular flexibility index (Phi) is 6.55. The fourth-order valence-corrected chi connectivity index (χ4v) is 2.54. The van der Waals surface area contributed by atoms with Gasteiger partial charge >= 0.3 is 5.97 Å². The van der Waals surface area contributed by atoms with Crippen molar-refractivity contribution in [1.82, 2.24) is 5.32 Å². The van der Waals surface area contributed by atoms with Crippen LogP contribution in [0.15, 0.2) is 54.6 Å². The molecule has 0 aromatic heterocycles. The standard InChI is InChI=1S/C20H23NO3/c1-3-9-18(16-11-5-4-6-12-16)21-19(22)14-24-20(23)17-13-8-7-10-15(17)2/h4-8,10-13,18H,3,9,14H2,1-2H3,(H,21,22)/t18-/m0/s1. The lowest BCUT2D eigenvalue weighted by Crippen LogP contribution is -2.32. The monoisotopic (exact) mass is 325 g/mol. The maximum absolute atomic E-state index is 12.1. The van der Waals surface area contributed by atoms with Gasteiger partial charge in [0.25, 0.3) is 5.91 Å². The molecule has 126 valence electrons. The topological polar surface area (TPSA) is 55.4 Å². The summed E-state index contributed by atoms with van der Waals surface area (Å²) in [7, 11) is 0. The van der Waals surface area contributed by atoms with Crippen LogP contribution in [0.3, 0.4) is 0 Å². The van der Waals surface area contributed by atoms with Gasteiger partial charge in [0.15, 0.2) is 6.61 Å². The summed E-state index contributed by atoms with van der Waals surface area (Å²) in [5.41, 5.74) is 2.37. The largest absolute Gasteiger partial charge is 0.452 e. The van der Waals surface area contributed by atoms with Crippen LogP contribution >= 0.6 is 0 Å². The van der Waals surface area contributed by atoms with Crippen LogP contribution in [0.4, 0.5) is 0 Å². The van der Waals surface area contributed by atoms with Crippen LogP contribution in [0.2, 0.25) is 0 Å². The lowest BCUT2D eigenvalue weighted by molar-refractivity contribution is -0.125. The molecule has 1 atom stereocenters. The SMILES string of the molecule is CCC[C@H](NC(=O)COC(=O)c1ccccc1C)c1ccccc1. The van der Waals surface area contributed by atoms with Crippen molar-refractivity contribution in [3.8, 4) is 0 Å². The normalized spacial score (nSPS) is 11.6. The Balaban J connectivity index is 1.92. The van der Waals surface area contributed by atoms with Crippen molar-refractivity contribution in [2.75, 3.05) is 6.61 Å². The number of rotatable bonds is 7. The average Bonchev–Trinajstić information content (AvgIpc) is 2.60. The number of nitrogens with one attached hydrogen (secondary N) is 1. The summed E-state index contributed by atoms with van der Waals surface area (Å²) in [6, 6.07) is 16.9. The highest BCUT2D eigenvalue weighted by molar-refractivity contribution is 5.92. The van der Waals surface area contributed by atoms with Gasteiger partial charge in [0.1, 0.15) is 0 Å². The van der Waals surface area contributed by atoms with Crippen molar-refractivity contribution in [3.63, 3.8) is 0 Å². The van der Waals surface area contributed by atoms with Crippen molar-refractivity contribution >= 4 is 11.9 Å². The minimum Gasteiger partial charge on any atom is -0.452 e. The fraction of sp³-hybridized carbons (Fsp3) is 0.300. The molecule has 0 spiro atoms. The van der Waals surface area contributed by atoms with E-state index in [2.05, 4.69) is 12.2 Å². The van der Waals surface area contributed by atoms with Crippen molar-refractivity contribution < 1.29 is 14.3 Å². The summed E-state index contributed by atoms with van der Waals surface area (Å²) in [5, 5.41) is 2.94. The number of carbonyl (C=O) groups excluding carboxylic acids is 2. The Morgan fingerprint density at radius 3 is 2.38 bits per heavy atom. The van der Waals surface area contributed by atoms with Crippen molar-refractivity contribution in [2.45, 2.75) is 32.7 Å². The van der Waals surface area contributed by atoms with E-state index in [0.717, 1.165) is 24.0 Å². The van der Waals surface area contributed by atoms with E-state index in [0.29, 0.717) is 5.56 Å². The van der Waals surface area contributed by atoms with E-state index in [1.165, 1.54) is 0 Å². The zero-order valence-corrected chi connectivity index (χ0v) is 14.1. The molecule has 0 fully saturated rings. The molecule has 0 saturated carbocycles. The molecule has 24 heavy (non-hydrogen) atoms. The molecule has 0 radical (unpaired) electrons. The Morgan fingerprint density at radius 1 is 1.04 bits per heavy atom. The highest BCUT2D eigenvalue weighted by atomic mass is 16.5. The molecule has 1 amide bonds. The molecular formula is C20H23NO3. The third-order valence-corrected chi connectivity index (χ3v) is 3.81. The summed E-state index contributed by atoms with van der Waals surface area (Å²) in [6.07, 6.45) is 1.78. The van der Waals surface area contributed by atoms with Gasteiger partial charge in [-0.25, -0.2) is 4.79 Å². The van der Waals surface area contributed by atoms with Gasteiger partial charge in [-0.05, 0) is 30.5 Å². The second kappa shape index (κ2) is 8.87. The van der Waals surface area contributed by atoms with Crippen LogP contribution in [0.25, 0.3) is 0 Å². The smallest absolute Gasteiger partial charge is 0.338 e. The van der Waals surface area contributed by atoms with E-state index >= 15 is 0 Å². The zero-order chi connectivity index (χ0) is 17.4. The zero-order valence-electron chi connectivity index (χ0n) is 14.1. The maximum atomic E-state index is 12.1. The molecule has 2 aromatic rings. The summed E-state index contributed by atoms with van der Waals surface area (Å²) in [5.74, 6) is -0.769. The van der Waals surface area contributed by atoms with Crippen molar-refractivity contribution in [2.24, 2.45) is 0 Å². The van der Waals surface area contributed by atoms with Crippen LogP contribution < -0.4 is 5.32 Å². The molecule has 4 heteroatoms. The van der Waals surface area contributed by atoms with Crippen LogP contribution in [0.5, 0.6) is 0 Å². The Labute approximate surface area is 142 Å². The van der Waals surface area contributed by atoms with E-state index in [4.69, 9.17) is 4.74 Å². The number of carbonyl (C=O) groups is 2. The van der Waals surface area contributed by atoms with E-state index in [-0.39, 0.29) is 18.6 Å². The van der Waals surface area contributed by atoms with Crippen molar-refractivity contribution in [1.29, 1.82) is 0 Å². The number of ether oxygens (including phenoxy) is 1. The molecule has 0 bridgehead atoms. The van der Waals surface area contributed by atoms with Crippen molar-refractivity contribution in [3.05, 3.63) is 71.3 Å². The number of hydrogen-bond donors (Lipinski definition) is 1. The molecule has 0 heterocycles. The van der Waals surface area contributed by atoms with E-state index in [1.54, 1.807) is 12.1 Å². The number of esters is 1. The minimum absolute atomic E-state index is 0.0686. The number of amides is 1. The molecule has 2 rings (SSSR count). The quantitative estimate of drug-likeness (QED) is 0.788. The Morgan fingerprint density at radius 2 is 1.71 bits per heavy atom. The average molecular weight is 325 g/mol. The molecule has 0 unspecified atom stereocenters. The van der Waals surface area contributed by atoms with Crippen LogP contribution in [-0.4, -0.2) is 18.5 Å².